The van der Waals surface area contributed by atoms with Crippen LogP contribution >= 0.6 is 22.6 Å². The van der Waals surface area contributed by atoms with Gasteiger partial charge in [0.05, 0.1) is 23.3 Å². The molecule has 3 N–H and O–H groups in total. The van der Waals surface area contributed by atoms with Crippen LogP contribution in [0.1, 0.15) is 43.5 Å². The Hall–Kier alpha value is -2.55. The zero-order valence-corrected chi connectivity index (χ0v) is 23.9. The molecule has 2 amide bonds. The fourth-order valence-electron chi connectivity index (χ4n) is 4.05. The van der Waals surface area contributed by atoms with Crippen LogP contribution in [0.3, 0.4) is 0 Å². The standard InChI is InChI=1S/C26H35IN2O9/c1-4-20(32)26(35)29(8-6-10-37-5-2)19-13-17(25(34)28-7-9-30)14-21(23(19)33)38-24-18(27)11-16(15-31)12-22(24)36-3/h11-12,14-15,19,21,23,30,33H,4-10,13H2,1-3H3,(H,28,34). The highest BCUT2D eigenvalue weighted by Crippen LogP contribution is 2.37. The third kappa shape index (κ3) is 8.22. The summed E-state index contributed by atoms with van der Waals surface area (Å²) in [6.45, 7) is 4.13. The van der Waals surface area contributed by atoms with E-state index >= 15 is 0 Å². The Balaban J connectivity index is 2.50. The molecule has 3 atom stereocenters. The third-order valence-electron chi connectivity index (χ3n) is 5.97. The number of benzene rings is 1. The molecule has 0 aromatic heterocycles. The fourth-order valence-corrected chi connectivity index (χ4v) is 4.80. The van der Waals surface area contributed by atoms with Crippen molar-refractivity contribution in [3.8, 4) is 11.5 Å². The van der Waals surface area contributed by atoms with Crippen LogP contribution < -0.4 is 14.8 Å². The monoisotopic (exact) mass is 646 g/mol. The van der Waals surface area contributed by atoms with Gasteiger partial charge in [-0.3, -0.25) is 19.2 Å². The number of ketones is 1. The second-order valence-corrected chi connectivity index (χ2v) is 9.66. The van der Waals surface area contributed by atoms with E-state index in [1.165, 1.54) is 24.2 Å². The number of aliphatic hydroxyl groups excluding tert-OH is 2. The lowest BCUT2D eigenvalue weighted by Gasteiger charge is -2.40. The number of aliphatic hydroxyl groups is 2. The Morgan fingerprint density at radius 2 is 2.00 bits per heavy atom. The summed E-state index contributed by atoms with van der Waals surface area (Å²) < 4.78 is 17.4. The molecule has 11 nitrogen and oxygen atoms in total. The number of nitrogens with one attached hydrogen (secondary N) is 1. The summed E-state index contributed by atoms with van der Waals surface area (Å²) in [5.41, 5.74) is 0.591. The topological polar surface area (TPSA) is 152 Å². The summed E-state index contributed by atoms with van der Waals surface area (Å²) in [6, 6.07) is 2.11. The molecule has 0 spiro atoms. The predicted molar refractivity (Wildman–Crippen MR) is 146 cm³/mol. The van der Waals surface area contributed by atoms with Gasteiger partial charge in [-0.15, -0.1) is 0 Å². The van der Waals surface area contributed by atoms with Gasteiger partial charge in [0.1, 0.15) is 18.5 Å². The van der Waals surface area contributed by atoms with Crippen LogP contribution in [0.25, 0.3) is 0 Å². The number of halogens is 1. The highest BCUT2D eigenvalue weighted by Gasteiger charge is 2.41. The maximum absolute atomic E-state index is 13.1. The fraction of sp³-hybridized carbons (Fsp3) is 0.538. The molecule has 1 aromatic rings. The average molecular weight is 646 g/mol. The van der Waals surface area contributed by atoms with Gasteiger partial charge in [0.25, 0.3) is 5.91 Å². The highest BCUT2D eigenvalue weighted by atomic mass is 127. The maximum atomic E-state index is 13.1. The highest BCUT2D eigenvalue weighted by molar-refractivity contribution is 14.1. The van der Waals surface area contributed by atoms with Gasteiger partial charge in [-0.1, -0.05) is 6.92 Å². The first-order valence-corrected chi connectivity index (χ1v) is 13.5. The Labute approximate surface area is 235 Å². The quantitative estimate of drug-likeness (QED) is 0.111. The minimum absolute atomic E-state index is 0.0122. The van der Waals surface area contributed by atoms with Gasteiger partial charge in [-0.2, -0.15) is 0 Å². The molecule has 0 saturated heterocycles. The van der Waals surface area contributed by atoms with Crippen molar-refractivity contribution in [1.82, 2.24) is 10.2 Å². The maximum Gasteiger partial charge on any atom is 0.290 e. The number of ether oxygens (including phenoxy) is 3. The Bertz CT molecular complexity index is 1030. The van der Waals surface area contributed by atoms with Crippen molar-refractivity contribution < 1.29 is 43.6 Å². The Kier molecular flexibility index (Phi) is 13.1. The zero-order valence-electron chi connectivity index (χ0n) is 21.8. The molecular formula is C26H35IN2O9. The largest absolute Gasteiger partial charge is 0.493 e. The lowest BCUT2D eigenvalue weighted by Crippen LogP contribution is -2.56. The van der Waals surface area contributed by atoms with E-state index in [9.17, 15) is 24.3 Å². The molecule has 1 aliphatic rings. The van der Waals surface area contributed by atoms with Crippen molar-refractivity contribution in [1.29, 1.82) is 0 Å². The normalized spacial score (nSPS) is 18.8. The summed E-state index contributed by atoms with van der Waals surface area (Å²) >= 11 is 1.97. The lowest BCUT2D eigenvalue weighted by molar-refractivity contribution is -0.149. The van der Waals surface area contributed by atoms with Crippen LogP contribution in [0.4, 0.5) is 0 Å². The molecule has 3 unspecified atom stereocenters. The minimum atomic E-state index is -1.31. The molecule has 0 heterocycles. The summed E-state index contributed by atoms with van der Waals surface area (Å²) in [5, 5.41) is 23.1. The number of carbonyl (C=O) groups excluding carboxylic acids is 4. The third-order valence-corrected chi connectivity index (χ3v) is 6.77. The molecule has 1 aromatic carbocycles. The second kappa shape index (κ2) is 15.8. The number of methoxy groups -OCH3 is 1. The van der Waals surface area contributed by atoms with Crippen molar-refractivity contribution in [2.75, 3.05) is 40.0 Å². The van der Waals surface area contributed by atoms with Crippen molar-refractivity contribution >= 4 is 46.5 Å². The predicted octanol–water partition coefficient (Wildman–Crippen LogP) is 1.26. The van der Waals surface area contributed by atoms with Crippen LogP contribution in [0.15, 0.2) is 23.8 Å². The molecule has 0 saturated carbocycles. The SMILES string of the molecule is CCOCCCN(C(=O)C(=O)CC)C1CC(C(=O)NCCO)=CC(Oc2c(I)cc(C=O)cc2OC)C1O. The average Bonchev–Trinajstić information content (AvgIpc) is 2.92. The molecule has 38 heavy (non-hydrogen) atoms. The Morgan fingerprint density at radius 1 is 1.26 bits per heavy atom. The van der Waals surface area contributed by atoms with Crippen molar-refractivity contribution in [2.24, 2.45) is 0 Å². The van der Waals surface area contributed by atoms with E-state index in [-0.39, 0.29) is 49.6 Å². The lowest BCUT2D eigenvalue weighted by atomic mass is 9.87. The molecular weight excluding hydrogens is 611 g/mol. The van der Waals surface area contributed by atoms with E-state index in [0.29, 0.717) is 35.1 Å². The smallest absolute Gasteiger partial charge is 0.290 e. The van der Waals surface area contributed by atoms with Crippen LogP contribution in [0.2, 0.25) is 0 Å². The number of Topliss-reactive ketones (excluding diaryl/α,β-unsaturated/α-hetero) is 1. The summed E-state index contributed by atoms with van der Waals surface area (Å²) in [6.07, 6.45) is 0.0836. The van der Waals surface area contributed by atoms with Crippen molar-refractivity contribution in [3.05, 3.63) is 32.9 Å². The number of nitrogens with zero attached hydrogens (tertiary/aromatic N) is 1. The first-order chi connectivity index (χ1) is 18.2. The minimum Gasteiger partial charge on any atom is -0.493 e. The number of aldehydes is 1. The molecule has 1 aliphatic carbocycles. The van der Waals surface area contributed by atoms with E-state index in [0.717, 1.165) is 0 Å². The van der Waals surface area contributed by atoms with E-state index in [1.807, 2.05) is 29.5 Å². The van der Waals surface area contributed by atoms with Crippen LogP contribution in [0, 0.1) is 3.57 Å². The first-order valence-electron chi connectivity index (χ1n) is 12.4. The summed E-state index contributed by atoms with van der Waals surface area (Å²) in [7, 11) is 1.41. The molecule has 210 valence electrons. The van der Waals surface area contributed by atoms with Crippen LogP contribution in [-0.4, -0.2) is 97.3 Å². The van der Waals surface area contributed by atoms with Gasteiger partial charge in [0, 0.05) is 50.3 Å². The van der Waals surface area contributed by atoms with Gasteiger partial charge in [0.15, 0.2) is 11.5 Å². The molecule has 0 fully saturated rings. The Morgan fingerprint density at radius 3 is 2.61 bits per heavy atom. The zero-order chi connectivity index (χ0) is 28.2. The number of hydrogen-bond donors (Lipinski definition) is 3. The summed E-state index contributed by atoms with van der Waals surface area (Å²) in [4.78, 5) is 51.0. The van der Waals surface area contributed by atoms with E-state index < -0.39 is 35.8 Å². The van der Waals surface area contributed by atoms with Crippen molar-refractivity contribution in [2.45, 2.75) is 51.4 Å². The van der Waals surface area contributed by atoms with Gasteiger partial charge in [0.2, 0.25) is 11.7 Å². The summed E-state index contributed by atoms with van der Waals surface area (Å²) in [5.74, 6) is -1.38. The number of amides is 2. The van der Waals surface area contributed by atoms with Crippen LogP contribution in [-0.2, 0) is 19.1 Å². The molecule has 2 rings (SSSR count). The molecule has 0 aliphatic heterocycles. The molecule has 12 heteroatoms. The number of rotatable bonds is 15. The molecule has 0 radical (unpaired) electrons. The van der Waals surface area contributed by atoms with Crippen molar-refractivity contribution in [3.63, 3.8) is 0 Å². The van der Waals surface area contributed by atoms with E-state index in [4.69, 9.17) is 19.3 Å². The first kappa shape index (κ1) is 31.7. The molecule has 0 bridgehead atoms. The van der Waals surface area contributed by atoms with E-state index in [1.54, 1.807) is 13.0 Å². The van der Waals surface area contributed by atoms with Gasteiger partial charge < -0.3 is 34.6 Å². The second-order valence-electron chi connectivity index (χ2n) is 8.49. The van der Waals surface area contributed by atoms with Crippen LogP contribution in [0.5, 0.6) is 11.5 Å². The van der Waals surface area contributed by atoms with E-state index in [2.05, 4.69) is 5.32 Å². The number of carbonyl (C=O) groups is 4. The van der Waals surface area contributed by atoms with Gasteiger partial charge >= 0.3 is 0 Å². The van der Waals surface area contributed by atoms with Gasteiger partial charge in [-0.05, 0) is 54.1 Å². The van der Waals surface area contributed by atoms with Gasteiger partial charge in [-0.25, -0.2) is 0 Å². The number of hydrogen-bond acceptors (Lipinski definition) is 9.